The van der Waals surface area contributed by atoms with E-state index in [2.05, 4.69) is 15.8 Å². The van der Waals surface area contributed by atoms with Gasteiger partial charge in [-0.1, -0.05) is 6.07 Å². The van der Waals surface area contributed by atoms with E-state index in [9.17, 15) is 14.4 Å². The molecule has 2 aromatic carbocycles. The molecule has 0 atom stereocenters. The van der Waals surface area contributed by atoms with Crippen molar-refractivity contribution in [3.05, 3.63) is 74.8 Å². The minimum absolute atomic E-state index is 0.0693. The highest BCUT2D eigenvalue weighted by atomic mass is 16.2. The number of aryl methyl sites for hydroxylation is 3. The lowest BCUT2D eigenvalue weighted by molar-refractivity contribution is 0.0846. The molecule has 5 rings (SSSR count). The maximum Gasteiger partial charge on any atom is 0.269 e. The SMILES string of the molecule is O=C(NNC(=O)c1ccc2c(=O)n3c(nc2c1)CCC3)c1ccc2c(c1)CCCC2. The monoisotopic (exact) mass is 402 g/mol. The number of hydrogen-bond donors (Lipinski definition) is 2. The zero-order chi connectivity index (χ0) is 20.7. The first-order valence-corrected chi connectivity index (χ1v) is 10.4. The Morgan fingerprint density at radius 1 is 0.833 bits per heavy atom. The smallest absolute Gasteiger partial charge is 0.269 e. The lowest BCUT2D eigenvalue weighted by Gasteiger charge is -2.16. The van der Waals surface area contributed by atoms with Crippen LogP contribution in [0, 0.1) is 0 Å². The third kappa shape index (κ3) is 3.26. The zero-order valence-corrected chi connectivity index (χ0v) is 16.5. The molecule has 0 bridgehead atoms. The van der Waals surface area contributed by atoms with Crippen LogP contribution in [0.1, 0.15) is 56.9 Å². The van der Waals surface area contributed by atoms with E-state index in [1.807, 2.05) is 12.1 Å². The van der Waals surface area contributed by atoms with Crippen LogP contribution >= 0.6 is 0 Å². The molecule has 3 aromatic rings. The molecule has 0 saturated heterocycles. The number of nitrogens with zero attached hydrogens (tertiary/aromatic N) is 2. The van der Waals surface area contributed by atoms with Gasteiger partial charge in [0.15, 0.2) is 0 Å². The van der Waals surface area contributed by atoms with Gasteiger partial charge in [-0.3, -0.25) is 29.8 Å². The van der Waals surface area contributed by atoms with Crippen LogP contribution in [-0.2, 0) is 25.8 Å². The molecule has 152 valence electrons. The van der Waals surface area contributed by atoms with Gasteiger partial charge in [-0.05, 0) is 73.6 Å². The Labute approximate surface area is 173 Å². The molecule has 0 radical (unpaired) electrons. The summed E-state index contributed by atoms with van der Waals surface area (Å²) in [6.07, 6.45) is 6.02. The molecule has 2 aliphatic rings. The Morgan fingerprint density at radius 3 is 2.33 bits per heavy atom. The van der Waals surface area contributed by atoms with Crippen molar-refractivity contribution in [1.82, 2.24) is 20.4 Å². The summed E-state index contributed by atoms with van der Waals surface area (Å²) in [6, 6.07) is 10.5. The first-order chi connectivity index (χ1) is 14.6. The van der Waals surface area contributed by atoms with Crippen LogP contribution in [0.5, 0.6) is 0 Å². The quantitative estimate of drug-likeness (QED) is 0.644. The normalized spacial score (nSPS) is 14.8. The summed E-state index contributed by atoms with van der Waals surface area (Å²) in [5.41, 5.74) is 8.74. The topological polar surface area (TPSA) is 93.1 Å². The molecule has 1 aliphatic carbocycles. The van der Waals surface area contributed by atoms with Gasteiger partial charge in [-0.25, -0.2) is 4.98 Å². The van der Waals surface area contributed by atoms with E-state index < -0.39 is 5.91 Å². The molecule has 30 heavy (non-hydrogen) atoms. The van der Waals surface area contributed by atoms with E-state index in [0.717, 1.165) is 37.9 Å². The van der Waals surface area contributed by atoms with Crippen LogP contribution in [0.25, 0.3) is 10.9 Å². The van der Waals surface area contributed by atoms with Crippen LogP contribution in [0.3, 0.4) is 0 Å². The second-order valence-electron chi connectivity index (χ2n) is 7.92. The number of aromatic nitrogens is 2. The van der Waals surface area contributed by atoms with Gasteiger partial charge in [-0.15, -0.1) is 0 Å². The Bertz CT molecular complexity index is 1250. The number of carbonyl (C=O) groups is 2. The third-order valence-corrected chi connectivity index (χ3v) is 5.98. The van der Waals surface area contributed by atoms with Gasteiger partial charge in [0.05, 0.1) is 10.9 Å². The Balaban J connectivity index is 1.32. The molecule has 2 N–H and O–H groups in total. The summed E-state index contributed by atoms with van der Waals surface area (Å²) in [5, 5.41) is 0.496. The number of amides is 2. The number of nitrogens with one attached hydrogen (secondary N) is 2. The van der Waals surface area contributed by atoms with Crippen molar-refractivity contribution < 1.29 is 9.59 Å². The molecule has 1 aromatic heterocycles. The average molecular weight is 402 g/mol. The van der Waals surface area contributed by atoms with Gasteiger partial charge in [0, 0.05) is 24.1 Å². The van der Waals surface area contributed by atoms with Crippen molar-refractivity contribution in [2.75, 3.05) is 0 Å². The average Bonchev–Trinajstić information content (AvgIpc) is 3.25. The van der Waals surface area contributed by atoms with Gasteiger partial charge < -0.3 is 0 Å². The molecular formula is C23H22N4O3. The minimum Gasteiger partial charge on any atom is -0.296 e. The molecular weight excluding hydrogens is 380 g/mol. The van der Waals surface area contributed by atoms with Gasteiger partial charge in [0.2, 0.25) is 0 Å². The van der Waals surface area contributed by atoms with E-state index in [-0.39, 0.29) is 11.5 Å². The fourth-order valence-electron chi connectivity index (χ4n) is 4.36. The molecule has 7 nitrogen and oxygen atoms in total. The summed E-state index contributed by atoms with van der Waals surface area (Å²) in [4.78, 5) is 42.1. The van der Waals surface area contributed by atoms with Crippen molar-refractivity contribution in [2.24, 2.45) is 0 Å². The maximum absolute atomic E-state index is 12.5. The standard InChI is InChI=1S/C23H22N4O3/c28-21(16-8-7-14-4-1-2-5-15(14)12-16)25-26-22(29)17-9-10-18-19(13-17)24-20-6-3-11-27(20)23(18)30/h7-10,12-13H,1-6,11H2,(H,25,28)(H,26,29). The number of carbonyl (C=O) groups excluding carboxylic acids is 2. The number of hydrogen-bond acceptors (Lipinski definition) is 4. The van der Waals surface area contributed by atoms with E-state index >= 15 is 0 Å². The largest absolute Gasteiger partial charge is 0.296 e. The highest BCUT2D eigenvalue weighted by Gasteiger charge is 2.18. The van der Waals surface area contributed by atoms with Gasteiger partial charge in [0.1, 0.15) is 5.82 Å². The molecule has 7 heteroatoms. The van der Waals surface area contributed by atoms with Crippen LogP contribution in [0.2, 0.25) is 0 Å². The van der Waals surface area contributed by atoms with Crippen molar-refractivity contribution in [3.63, 3.8) is 0 Å². The lowest BCUT2D eigenvalue weighted by Crippen LogP contribution is -2.41. The van der Waals surface area contributed by atoms with Gasteiger partial charge in [-0.2, -0.15) is 0 Å². The predicted octanol–water partition coefficient (Wildman–Crippen LogP) is 2.30. The van der Waals surface area contributed by atoms with Crippen LogP contribution in [0.15, 0.2) is 41.2 Å². The van der Waals surface area contributed by atoms with Crippen LogP contribution in [0.4, 0.5) is 0 Å². The molecule has 1 aliphatic heterocycles. The fraction of sp³-hybridized carbons (Fsp3) is 0.304. The van der Waals surface area contributed by atoms with Crippen molar-refractivity contribution in [3.8, 4) is 0 Å². The highest BCUT2D eigenvalue weighted by molar-refractivity contribution is 6.00. The molecule has 0 spiro atoms. The molecule has 2 heterocycles. The van der Waals surface area contributed by atoms with E-state index in [0.29, 0.717) is 28.6 Å². The zero-order valence-electron chi connectivity index (χ0n) is 16.5. The van der Waals surface area contributed by atoms with Crippen LogP contribution in [-0.4, -0.2) is 21.4 Å². The minimum atomic E-state index is -0.453. The summed E-state index contributed by atoms with van der Waals surface area (Å²) >= 11 is 0. The molecule has 0 unspecified atom stereocenters. The van der Waals surface area contributed by atoms with E-state index in [1.54, 1.807) is 28.8 Å². The number of fused-ring (bicyclic) bond motifs is 3. The van der Waals surface area contributed by atoms with Crippen LogP contribution < -0.4 is 16.4 Å². The third-order valence-electron chi connectivity index (χ3n) is 5.98. The summed E-state index contributed by atoms with van der Waals surface area (Å²) < 4.78 is 1.70. The fourth-order valence-corrected chi connectivity index (χ4v) is 4.36. The van der Waals surface area contributed by atoms with Gasteiger partial charge >= 0.3 is 0 Å². The number of hydrazine groups is 1. The second-order valence-corrected chi connectivity index (χ2v) is 7.92. The van der Waals surface area contributed by atoms with Gasteiger partial charge in [0.25, 0.3) is 17.4 Å². The first-order valence-electron chi connectivity index (χ1n) is 10.4. The Hall–Kier alpha value is -3.48. The summed E-state index contributed by atoms with van der Waals surface area (Å²) in [6.45, 7) is 0.689. The number of rotatable bonds is 2. The number of benzene rings is 2. The van der Waals surface area contributed by atoms with Crippen molar-refractivity contribution in [1.29, 1.82) is 0 Å². The molecule has 0 fully saturated rings. The van der Waals surface area contributed by atoms with E-state index in [4.69, 9.17) is 0 Å². The predicted molar refractivity (Wildman–Crippen MR) is 112 cm³/mol. The van der Waals surface area contributed by atoms with E-state index in [1.165, 1.54) is 17.5 Å². The summed E-state index contributed by atoms with van der Waals surface area (Å²) in [7, 11) is 0. The second kappa shape index (κ2) is 7.40. The highest BCUT2D eigenvalue weighted by Crippen LogP contribution is 2.22. The van der Waals surface area contributed by atoms with Crippen molar-refractivity contribution in [2.45, 2.75) is 45.1 Å². The summed E-state index contributed by atoms with van der Waals surface area (Å²) in [5.74, 6) is -0.0527. The molecule has 2 amide bonds. The first kappa shape index (κ1) is 18.5. The Kier molecular flexibility index (Phi) is 4.58. The molecule has 0 saturated carbocycles. The lowest BCUT2D eigenvalue weighted by atomic mass is 9.90. The maximum atomic E-state index is 12.5. The van der Waals surface area contributed by atoms with Crippen molar-refractivity contribution >= 4 is 22.7 Å². The Morgan fingerprint density at radius 2 is 1.53 bits per heavy atom.